The molecule has 0 unspecified atom stereocenters. The quantitative estimate of drug-likeness (QED) is 0.0370. The van der Waals surface area contributed by atoms with Gasteiger partial charge in [-0.1, -0.05) is 425 Å². The van der Waals surface area contributed by atoms with Gasteiger partial charge in [0.05, 0.1) is 0 Å². The molecule has 0 aliphatic heterocycles. The average molecular weight is 1500 g/mol. The Labute approximate surface area is 674 Å². The molecule has 0 bridgehead atoms. The highest BCUT2D eigenvalue weighted by molar-refractivity contribution is 8.02. The number of esters is 1. The van der Waals surface area contributed by atoms with Gasteiger partial charge >= 0.3 is 5.97 Å². The minimum atomic E-state index is -2.28. The molecule has 0 atom stereocenters. The van der Waals surface area contributed by atoms with Crippen LogP contribution in [-0.2, 0) is 4.79 Å². The Balaban J connectivity index is 0.000000121. The van der Waals surface area contributed by atoms with Crippen LogP contribution in [0, 0.1) is 0 Å². The zero-order valence-electron chi connectivity index (χ0n) is 63.9. The summed E-state index contributed by atoms with van der Waals surface area (Å²) in [5.74, 6) is 0.301. The second kappa shape index (κ2) is 36.7. The summed E-state index contributed by atoms with van der Waals surface area (Å²) in [5.41, 5.74) is 13.3. The number of rotatable bonds is 18. The first-order chi connectivity index (χ1) is 56.5. The number of fused-ring (bicyclic) bond motifs is 1. The Morgan fingerprint density at radius 1 is 0.202 bits per heavy atom. The second-order valence-corrected chi connectivity index (χ2v) is 35.2. The van der Waals surface area contributed by atoms with E-state index in [1.165, 1.54) is 110 Å². The van der Waals surface area contributed by atoms with Crippen LogP contribution in [0.2, 0.25) is 0 Å². The van der Waals surface area contributed by atoms with Gasteiger partial charge in [-0.05, 0) is 107 Å². The molecule has 0 heterocycles. The molecule has 0 saturated carbocycles. The van der Waals surface area contributed by atoms with Crippen molar-refractivity contribution in [3.63, 3.8) is 0 Å². The number of para-hydroxylation sites is 1. The van der Waals surface area contributed by atoms with Crippen molar-refractivity contribution >= 4 is 130 Å². The SMILES string of the molecule is CC(=O)Oc1ccccc1[P+](c1ccccc1)(c1ccccc1)c1ccccc1.c1ccc([B-](c2ccccc2)(c2ccccc2)c2ccccc2)cc1.c1ccc([B-](c2ccccc2)(c2ccccc2)c2ccccc2)cc1.c1ccc([P+](c2ccccc2)(c2ccccc2)c2ccccc2-c2cccc3ccccc23)cc1. The van der Waals surface area contributed by atoms with E-state index in [0.29, 0.717) is 5.75 Å². The van der Waals surface area contributed by atoms with Crippen molar-refractivity contribution in [2.75, 3.05) is 0 Å². The lowest BCUT2D eigenvalue weighted by molar-refractivity contribution is -0.131. The fraction of sp³-hybridized carbons (Fsp3) is 0.00926. The van der Waals surface area contributed by atoms with Crippen LogP contribution in [0.5, 0.6) is 5.75 Å². The van der Waals surface area contributed by atoms with E-state index in [-0.39, 0.29) is 5.97 Å². The molecule has 0 aliphatic rings. The lowest BCUT2D eigenvalue weighted by atomic mass is 9.13. The maximum absolute atomic E-state index is 11.9. The van der Waals surface area contributed by atoms with Gasteiger partial charge in [-0.15, -0.1) is 0 Å². The molecule has 0 fully saturated rings. The Kier molecular flexibility index (Phi) is 24.5. The average Bonchev–Trinajstić information content (AvgIpc) is 0.765. The Morgan fingerprint density at radius 2 is 0.404 bits per heavy atom. The molecule has 0 aliphatic carbocycles. The third-order valence-electron chi connectivity index (χ3n) is 22.1. The van der Waals surface area contributed by atoms with Gasteiger partial charge in [0.1, 0.15) is 63.9 Å². The second-order valence-electron chi connectivity index (χ2n) is 28.5. The summed E-state index contributed by atoms with van der Waals surface area (Å²) in [6, 6.07) is 184. The van der Waals surface area contributed by atoms with Crippen LogP contribution in [0.3, 0.4) is 0 Å². The molecule has 0 radical (unpaired) electrons. The van der Waals surface area contributed by atoms with Crippen LogP contribution in [-0.4, -0.2) is 18.3 Å². The Bertz CT molecular complexity index is 5300. The Morgan fingerprint density at radius 3 is 0.684 bits per heavy atom. The van der Waals surface area contributed by atoms with E-state index in [9.17, 15) is 4.79 Å². The van der Waals surface area contributed by atoms with E-state index in [1.807, 2.05) is 36.4 Å². The topological polar surface area (TPSA) is 26.3 Å². The van der Waals surface area contributed by atoms with E-state index < -0.39 is 26.8 Å². The fourth-order valence-electron chi connectivity index (χ4n) is 17.3. The maximum Gasteiger partial charge on any atom is 0.308 e. The number of carbonyl (C=O) groups excluding carboxylic acids is 1. The normalized spacial score (nSPS) is 11.2. The molecule has 0 spiro atoms. The molecule has 0 N–H and O–H groups in total. The predicted octanol–water partition coefficient (Wildman–Crippen LogP) is 17.5. The van der Waals surface area contributed by atoms with Crippen LogP contribution in [0.1, 0.15) is 6.92 Å². The number of hydrogen-bond acceptors (Lipinski definition) is 2. The first kappa shape index (κ1) is 76.1. The summed E-state index contributed by atoms with van der Waals surface area (Å²) in [7, 11) is -4.46. The number of hydrogen-bond donors (Lipinski definition) is 0. The monoisotopic (exact) mass is 1500 g/mol. The third-order valence-corrected chi connectivity index (χ3v) is 30.7. The smallest absolute Gasteiger partial charge is 0.308 e. The highest BCUT2D eigenvalue weighted by atomic mass is 31.2. The number of carbonyl (C=O) groups is 1. The molecule has 18 aromatic rings. The van der Waals surface area contributed by atoms with Crippen molar-refractivity contribution in [2.45, 2.75) is 6.92 Å². The lowest BCUT2D eigenvalue weighted by Crippen LogP contribution is -2.74. The minimum absolute atomic E-state index is 0.315. The van der Waals surface area contributed by atoms with Gasteiger partial charge < -0.3 is 4.74 Å². The molecule has 6 heteroatoms. The molecule has 18 aromatic carbocycles. The standard InChI is InChI=1S/C34H26P.C26H22O2P.2C24H20B/c1-4-17-28(18-5-1)35(29-19-6-2-7-20-29,30-21-8-3-9-22-30)34-26-13-12-24-33(34)32-25-14-16-27-15-10-11-23-31(27)32;1-21(27)28-25-19-11-12-20-26(25)29(22-13-5-2-6-14-22,23-15-7-3-8-16-23)24-17-9-4-10-18-24;2*1-5-13-21(14-6-1)25(22-15-7-2-8-16-22,23-17-9-3-10-18-23)24-19-11-4-12-20-24/h1-26H;2-20H,1H3;2*1-20H/q2*+1;2*-1. The summed E-state index contributed by atoms with van der Waals surface area (Å²) in [6.45, 7) is 1.45. The van der Waals surface area contributed by atoms with Gasteiger partial charge in [-0.3, -0.25) is 4.79 Å². The van der Waals surface area contributed by atoms with Gasteiger partial charge in [-0.25, -0.2) is 0 Å². The van der Waals surface area contributed by atoms with E-state index >= 15 is 0 Å². The van der Waals surface area contributed by atoms with Crippen molar-refractivity contribution in [3.8, 4) is 16.9 Å². The zero-order valence-corrected chi connectivity index (χ0v) is 65.7. The molecular weight excluding hydrogens is 1410 g/mol. The van der Waals surface area contributed by atoms with Crippen LogP contribution >= 0.6 is 14.5 Å². The predicted molar refractivity (Wildman–Crippen MR) is 497 cm³/mol. The molecule has 0 aromatic heterocycles. The summed E-state index contributed by atoms with van der Waals surface area (Å²) < 4.78 is 5.70. The van der Waals surface area contributed by atoms with Crippen LogP contribution in [0.15, 0.2) is 516 Å². The molecule has 548 valence electrons. The summed E-state index contributed by atoms with van der Waals surface area (Å²) in [6.07, 6.45) is -2.43. The highest BCUT2D eigenvalue weighted by Crippen LogP contribution is 2.57. The van der Waals surface area contributed by atoms with E-state index in [0.717, 1.165) is 5.30 Å². The van der Waals surface area contributed by atoms with Crippen LogP contribution in [0.4, 0.5) is 0 Å². The largest absolute Gasteiger partial charge is 0.422 e. The van der Waals surface area contributed by atoms with Gasteiger partial charge in [0, 0.05) is 12.5 Å². The minimum Gasteiger partial charge on any atom is -0.422 e. The Hall–Kier alpha value is -13.3. The fourth-order valence-corrected chi connectivity index (χ4v) is 26.1. The summed E-state index contributed by atoms with van der Waals surface area (Å²) in [5, 5.41) is 12.7. The van der Waals surface area contributed by atoms with Crippen molar-refractivity contribution in [1.29, 1.82) is 0 Å². The number of ether oxygens (including phenoxy) is 1. The molecule has 114 heavy (non-hydrogen) atoms. The molecule has 0 saturated heterocycles. The van der Waals surface area contributed by atoms with Gasteiger partial charge in [-0.2, -0.15) is 43.7 Å². The van der Waals surface area contributed by atoms with Gasteiger partial charge in [0.2, 0.25) is 0 Å². The zero-order chi connectivity index (χ0) is 77.5. The first-order valence-corrected chi connectivity index (χ1v) is 42.8. The van der Waals surface area contributed by atoms with E-state index in [1.54, 1.807) is 0 Å². The van der Waals surface area contributed by atoms with Gasteiger partial charge in [0.25, 0.3) is 0 Å². The maximum atomic E-state index is 11.9. The van der Waals surface area contributed by atoms with Crippen molar-refractivity contribution in [3.05, 3.63) is 516 Å². The lowest BCUT2D eigenvalue weighted by Gasteiger charge is -2.44. The van der Waals surface area contributed by atoms with E-state index in [4.69, 9.17) is 4.74 Å². The van der Waals surface area contributed by atoms with Crippen LogP contribution in [0.25, 0.3) is 21.9 Å². The molecule has 18 rings (SSSR count). The van der Waals surface area contributed by atoms with Crippen molar-refractivity contribution in [2.24, 2.45) is 0 Å². The molecule has 0 amide bonds. The summed E-state index contributed by atoms with van der Waals surface area (Å²) >= 11 is 0. The molecule has 2 nitrogen and oxygen atoms in total. The first-order valence-electron chi connectivity index (χ1n) is 39.2. The van der Waals surface area contributed by atoms with Crippen molar-refractivity contribution < 1.29 is 9.53 Å². The number of benzene rings is 18. The third kappa shape index (κ3) is 15.6. The highest BCUT2D eigenvalue weighted by Gasteiger charge is 2.51. The van der Waals surface area contributed by atoms with Crippen LogP contribution < -0.4 is 90.9 Å². The van der Waals surface area contributed by atoms with E-state index in [2.05, 4.69) is 479 Å². The van der Waals surface area contributed by atoms with Crippen molar-refractivity contribution in [1.82, 2.24) is 0 Å². The molecular formula is C108H88B2O2P2. The summed E-state index contributed by atoms with van der Waals surface area (Å²) in [4.78, 5) is 11.9. The van der Waals surface area contributed by atoms with Gasteiger partial charge in [0.15, 0.2) is 11.1 Å².